The van der Waals surface area contributed by atoms with Gasteiger partial charge in [0.15, 0.2) is 0 Å². The standard InChI is InChI=1S/C26H20F3N5O3/c1-37-13-22-33-23-18(24(30)35)11-15(32-25(36)17-4-2-3-5-19(17)26(27,28)29)12-21(23)34(22)16-6-7-20-14(10-16)8-9-31-20/h2-12,31H,13H2,1H3,(H2,30,35)(H,32,36). The smallest absolute Gasteiger partial charge is 0.377 e. The van der Waals surface area contributed by atoms with Gasteiger partial charge in [0.25, 0.3) is 11.8 Å². The molecule has 0 aliphatic heterocycles. The molecule has 2 amide bonds. The molecule has 2 heterocycles. The first-order valence-corrected chi connectivity index (χ1v) is 11.1. The maximum Gasteiger partial charge on any atom is 0.417 e. The van der Waals surface area contributed by atoms with Crippen LogP contribution >= 0.6 is 0 Å². The number of halogens is 3. The van der Waals surface area contributed by atoms with E-state index in [0.29, 0.717) is 17.0 Å². The Morgan fingerprint density at radius 3 is 2.59 bits per heavy atom. The highest BCUT2D eigenvalue weighted by molar-refractivity contribution is 6.10. The molecule has 0 saturated carbocycles. The van der Waals surface area contributed by atoms with E-state index >= 15 is 0 Å². The molecule has 0 atom stereocenters. The first-order valence-electron chi connectivity index (χ1n) is 11.1. The predicted octanol–water partition coefficient (Wildman–Crippen LogP) is 5.02. The van der Waals surface area contributed by atoms with E-state index in [9.17, 15) is 22.8 Å². The number of aromatic amines is 1. The summed E-state index contributed by atoms with van der Waals surface area (Å²) < 4.78 is 47.4. The van der Waals surface area contributed by atoms with Crippen LogP contribution in [0.1, 0.15) is 32.1 Å². The van der Waals surface area contributed by atoms with Gasteiger partial charge in [-0.25, -0.2) is 4.98 Å². The van der Waals surface area contributed by atoms with Crippen LogP contribution in [0.3, 0.4) is 0 Å². The number of methoxy groups -OCH3 is 1. The molecule has 11 heteroatoms. The third-order valence-electron chi connectivity index (χ3n) is 5.90. The van der Waals surface area contributed by atoms with Gasteiger partial charge >= 0.3 is 6.18 Å². The maximum absolute atomic E-state index is 13.5. The Labute approximate surface area is 207 Å². The number of amides is 2. The van der Waals surface area contributed by atoms with Gasteiger partial charge in [0.2, 0.25) is 0 Å². The predicted molar refractivity (Wildman–Crippen MR) is 132 cm³/mol. The van der Waals surface area contributed by atoms with Gasteiger partial charge in [0.05, 0.1) is 22.2 Å². The van der Waals surface area contributed by atoms with Crippen LogP contribution < -0.4 is 11.1 Å². The van der Waals surface area contributed by atoms with Crippen molar-refractivity contribution in [3.63, 3.8) is 0 Å². The number of carbonyl (C=O) groups is 2. The van der Waals surface area contributed by atoms with Crippen LogP contribution in [-0.4, -0.2) is 33.5 Å². The van der Waals surface area contributed by atoms with E-state index in [1.807, 2.05) is 24.3 Å². The summed E-state index contributed by atoms with van der Waals surface area (Å²) in [7, 11) is 1.50. The van der Waals surface area contributed by atoms with Crippen molar-refractivity contribution in [1.82, 2.24) is 14.5 Å². The SMILES string of the molecule is COCc1nc2c(C(N)=O)cc(NC(=O)c3ccccc3C(F)(F)F)cc2n1-c1ccc2[nH]ccc2c1. The minimum atomic E-state index is -4.72. The molecule has 188 valence electrons. The number of anilines is 1. The molecule has 37 heavy (non-hydrogen) atoms. The zero-order chi connectivity index (χ0) is 26.3. The summed E-state index contributed by atoms with van der Waals surface area (Å²) in [6.45, 7) is 0.0959. The largest absolute Gasteiger partial charge is 0.417 e. The number of primary amides is 1. The number of fused-ring (bicyclic) bond motifs is 2. The molecule has 0 fully saturated rings. The summed E-state index contributed by atoms with van der Waals surface area (Å²) in [6.07, 6.45) is -2.92. The van der Waals surface area contributed by atoms with Crippen molar-refractivity contribution >= 4 is 39.4 Å². The highest BCUT2D eigenvalue weighted by Gasteiger charge is 2.35. The normalized spacial score (nSPS) is 11.8. The number of nitrogens with one attached hydrogen (secondary N) is 2. The zero-order valence-electron chi connectivity index (χ0n) is 19.4. The first kappa shape index (κ1) is 24.1. The lowest BCUT2D eigenvalue weighted by Crippen LogP contribution is -2.19. The maximum atomic E-state index is 13.5. The lowest BCUT2D eigenvalue weighted by Gasteiger charge is -2.14. The number of H-pyrrole nitrogens is 1. The molecule has 0 aliphatic rings. The molecule has 2 aromatic heterocycles. The van der Waals surface area contributed by atoms with Crippen LogP contribution in [0.25, 0.3) is 27.6 Å². The third kappa shape index (κ3) is 4.40. The lowest BCUT2D eigenvalue weighted by molar-refractivity contribution is -0.137. The van der Waals surface area contributed by atoms with Crippen molar-refractivity contribution < 1.29 is 27.5 Å². The highest BCUT2D eigenvalue weighted by Crippen LogP contribution is 2.33. The van der Waals surface area contributed by atoms with E-state index in [1.165, 1.54) is 31.4 Å². The minimum Gasteiger partial charge on any atom is -0.377 e. The number of imidazole rings is 1. The number of nitrogens with zero attached hydrogens (tertiary/aromatic N) is 2. The molecule has 0 unspecified atom stereocenters. The van der Waals surface area contributed by atoms with Gasteiger partial charge in [-0.1, -0.05) is 12.1 Å². The van der Waals surface area contributed by atoms with Gasteiger partial charge < -0.3 is 20.8 Å². The minimum absolute atomic E-state index is 0.00395. The summed E-state index contributed by atoms with van der Waals surface area (Å²) in [5.41, 5.74) is 6.36. The lowest BCUT2D eigenvalue weighted by atomic mass is 10.1. The fourth-order valence-electron chi connectivity index (χ4n) is 4.31. The van der Waals surface area contributed by atoms with Crippen LogP contribution in [0, 0.1) is 0 Å². The van der Waals surface area contributed by atoms with Crippen molar-refractivity contribution in [3.05, 3.63) is 89.4 Å². The number of hydrogen-bond acceptors (Lipinski definition) is 4. The molecule has 8 nitrogen and oxygen atoms in total. The second kappa shape index (κ2) is 9.10. The summed E-state index contributed by atoms with van der Waals surface area (Å²) in [6, 6.07) is 14.8. The molecule has 0 spiro atoms. The van der Waals surface area contributed by atoms with E-state index in [1.54, 1.807) is 10.8 Å². The number of aromatic nitrogens is 3. The van der Waals surface area contributed by atoms with Crippen LogP contribution in [0.2, 0.25) is 0 Å². The number of benzene rings is 3. The first-order chi connectivity index (χ1) is 17.7. The molecule has 0 bridgehead atoms. The molecular formula is C26H20F3N5O3. The fourth-order valence-corrected chi connectivity index (χ4v) is 4.31. The Kier molecular flexibility index (Phi) is 5.92. The molecule has 5 rings (SSSR count). The fraction of sp³-hybridized carbons (Fsp3) is 0.115. The second-order valence-corrected chi connectivity index (χ2v) is 8.30. The molecule has 0 aliphatic carbocycles. The Hall–Kier alpha value is -4.64. The second-order valence-electron chi connectivity index (χ2n) is 8.30. The average molecular weight is 507 g/mol. The van der Waals surface area contributed by atoms with Gasteiger partial charge in [0.1, 0.15) is 17.9 Å². The van der Waals surface area contributed by atoms with Gasteiger partial charge in [0, 0.05) is 35.6 Å². The molecule has 4 N–H and O–H groups in total. The number of nitrogens with two attached hydrogens (primary N) is 1. The Morgan fingerprint density at radius 2 is 1.86 bits per heavy atom. The van der Waals surface area contributed by atoms with Gasteiger partial charge in [-0.15, -0.1) is 0 Å². The monoisotopic (exact) mass is 507 g/mol. The quantitative estimate of drug-likeness (QED) is 0.299. The molecule has 0 radical (unpaired) electrons. The number of carbonyl (C=O) groups excluding carboxylic acids is 2. The van der Waals surface area contributed by atoms with Gasteiger partial charge in [-0.05, 0) is 48.5 Å². The summed E-state index contributed by atoms with van der Waals surface area (Å²) in [4.78, 5) is 32.9. The summed E-state index contributed by atoms with van der Waals surface area (Å²) >= 11 is 0. The van der Waals surface area contributed by atoms with Crippen molar-refractivity contribution in [3.8, 4) is 5.69 Å². The van der Waals surface area contributed by atoms with Crippen molar-refractivity contribution in [2.45, 2.75) is 12.8 Å². The van der Waals surface area contributed by atoms with Crippen molar-refractivity contribution in [2.75, 3.05) is 12.4 Å². The van der Waals surface area contributed by atoms with E-state index < -0.39 is 29.1 Å². The number of hydrogen-bond donors (Lipinski definition) is 3. The Balaban J connectivity index is 1.67. The number of alkyl halides is 3. The third-order valence-corrected chi connectivity index (χ3v) is 5.90. The average Bonchev–Trinajstić information content (AvgIpc) is 3.47. The molecule has 0 saturated heterocycles. The molecular weight excluding hydrogens is 487 g/mol. The van der Waals surface area contributed by atoms with E-state index in [-0.39, 0.29) is 23.4 Å². The van der Waals surface area contributed by atoms with E-state index in [0.717, 1.165) is 23.0 Å². The van der Waals surface area contributed by atoms with Gasteiger partial charge in [-0.2, -0.15) is 13.2 Å². The van der Waals surface area contributed by atoms with Crippen molar-refractivity contribution in [2.24, 2.45) is 5.73 Å². The van der Waals surface area contributed by atoms with Crippen LogP contribution in [-0.2, 0) is 17.5 Å². The Bertz CT molecular complexity index is 1670. The summed E-state index contributed by atoms with van der Waals surface area (Å²) in [5, 5.41) is 3.40. The van der Waals surface area contributed by atoms with Crippen LogP contribution in [0.4, 0.5) is 18.9 Å². The van der Waals surface area contributed by atoms with E-state index in [4.69, 9.17) is 10.5 Å². The number of ether oxygens (including phenoxy) is 1. The topological polar surface area (TPSA) is 115 Å². The van der Waals surface area contributed by atoms with E-state index in [2.05, 4.69) is 15.3 Å². The van der Waals surface area contributed by atoms with Gasteiger partial charge in [-0.3, -0.25) is 14.2 Å². The van der Waals surface area contributed by atoms with Crippen LogP contribution in [0.15, 0.2) is 66.9 Å². The summed E-state index contributed by atoms with van der Waals surface area (Å²) in [5.74, 6) is -1.34. The zero-order valence-corrected chi connectivity index (χ0v) is 19.4. The van der Waals surface area contributed by atoms with Crippen LogP contribution in [0.5, 0.6) is 0 Å². The Morgan fingerprint density at radius 1 is 1.08 bits per heavy atom. The molecule has 5 aromatic rings. The number of rotatable bonds is 6. The van der Waals surface area contributed by atoms with Crippen molar-refractivity contribution in [1.29, 1.82) is 0 Å². The molecule has 3 aromatic carbocycles. The highest BCUT2D eigenvalue weighted by atomic mass is 19.4.